The Morgan fingerprint density at radius 3 is 2.59 bits per heavy atom. The molecular weight excluding hydrogens is 340 g/mol. The highest BCUT2D eigenvalue weighted by Crippen LogP contribution is 2.20. The molecule has 0 radical (unpaired) electrons. The highest BCUT2D eigenvalue weighted by molar-refractivity contribution is 5.89. The minimum Gasteiger partial charge on any atom is -0.351 e. The molecule has 0 unspecified atom stereocenters. The molecule has 1 aromatic heterocycles. The number of anilines is 4. The van der Waals surface area contributed by atoms with Gasteiger partial charge in [0.2, 0.25) is 11.9 Å². The number of carbonyl (C=O) groups excluding carboxylic acids is 1. The standard InChI is InChI=1S/C20H22N6O/c1-3-26(14-16-8-5-4-6-9-16)19-13-21-25-20(24-19)23-18-11-7-10-17(12-18)22-15(2)27/h4-13H,3,14H2,1-2H3,(H,22,27)(H,23,24,25). The maximum absolute atomic E-state index is 11.2. The molecule has 0 saturated heterocycles. The van der Waals surface area contributed by atoms with E-state index in [-0.39, 0.29) is 5.91 Å². The van der Waals surface area contributed by atoms with E-state index < -0.39 is 0 Å². The number of nitrogens with one attached hydrogen (secondary N) is 2. The summed E-state index contributed by atoms with van der Waals surface area (Å²) in [5, 5.41) is 14.0. The molecule has 0 saturated carbocycles. The van der Waals surface area contributed by atoms with Gasteiger partial charge in [-0.25, -0.2) is 0 Å². The number of rotatable bonds is 7. The van der Waals surface area contributed by atoms with Crippen LogP contribution >= 0.6 is 0 Å². The van der Waals surface area contributed by atoms with Crippen molar-refractivity contribution in [3.63, 3.8) is 0 Å². The van der Waals surface area contributed by atoms with Gasteiger partial charge in [-0.3, -0.25) is 4.79 Å². The normalized spacial score (nSPS) is 10.3. The summed E-state index contributed by atoms with van der Waals surface area (Å²) < 4.78 is 0. The average Bonchev–Trinajstić information content (AvgIpc) is 2.67. The monoisotopic (exact) mass is 362 g/mol. The molecule has 1 amide bonds. The second kappa shape index (κ2) is 8.75. The van der Waals surface area contributed by atoms with Crippen LogP contribution in [0.3, 0.4) is 0 Å². The number of hydrogen-bond acceptors (Lipinski definition) is 6. The summed E-state index contributed by atoms with van der Waals surface area (Å²) in [6, 6.07) is 17.6. The Bertz CT molecular complexity index is 900. The van der Waals surface area contributed by atoms with Crippen molar-refractivity contribution in [2.75, 3.05) is 22.1 Å². The molecule has 2 N–H and O–H groups in total. The predicted octanol–water partition coefficient (Wildman–Crippen LogP) is 3.60. The minimum absolute atomic E-state index is 0.119. The lowest BCUT2D eigenvalue weighted by Crippen LogP contribution is -2.23. The van der Waals surface area contributed by atoms with Crippen molar-refractivity contribution in [2.24, 2.45) is 0 Å². The van der Waals surface area contributed by atoms with Gasteiger partial charge in [-0.2, -0.15) is 10.1 Å². The molecule has 27 heavy (non-hydrogen) atoms. The van der Waals surface area contributed by atoms with Crippen LogP contribution < -0.4 is 15.5 Å². The van der Waals surface area contributed by atoms with Crippen molar-refractivity contribution in [1.82, 2.24) is 15.2 Å². The summed E-state index contributed by atoms with van der Waals surface area (Å²) in [5.74, 6) is 1.03. The molecular formula is C20H22N6O. The van der Waals surface area contributed by atoms with E-state index in [9.17, 15) is 4.79 Å². The van der Waals surface area contributed by atoms with Gasteiger partial charge in [-0.1, -0.05) is 36.4 Å². The van der Waals surface area contributed by atoms with Crippen LogP contribution in [-0.2, 0) is 11.3 Å². The summed E-state index contributed by atoms with van der Waals surface area (Å²) in [5.41, 5.74) is 2.68. The van der Waals surface area contributed by atoms with Gasteiger partial charge in [0, 0.05) is 31.4 Å². The Kier molecular flexibility index (Phi) is 5.94. The van der Waals surface area contributed by atoms with Crippen molar-refractivity contribution in [3.8, 4) is 0 Å². The van der Waals surface area contributed by atoms with E-state index in [1.807, 2.05) is 42.5 Å². The van der Waals surface area contributed by atoms with Crippen LogP contribution in [-0.4, -0.2) is 27.6 Å². The van der Waals surface area contributed by atoms with Crippen LogP contribution in [0.25, 0.3) is 0 Å². The molecule has 7 heteroatoms. The topological polar surface area (TPSA) is 83.0 Å². The molecule has 3 aromatic rings. The predicted molar refractivity (Wildman–Crippen MR) is 107 cm³/mol. The highest BCUT2D eigenvalue weighted by atomic mass is 16.1. The third kappa shape index (κ3) is 5.24. The van der Waals surface area contributed by atoms with Crippen LogP contribution in [0.1, 0.15) is 19.4 Å². The van der Waals surface area contributed by atoms with Gasteiger partial charge in [-0.05, 0) is 30.7 Å². The first-order valence-corrected chi connectivity index (χ1v) is 8.77. The molecule has 0 spiro atoms. The molecule has 3 rings (SSSR count). The SMILES string of the molecule is CCN(Cc1ccccc1)c1cnnc(Nc2cccc(NC(C)=O)c2)n1. The van der Waals surface area contributed by atoms with E-state index in [1.165, 1.54) is 12.5 Å². The average molecular weight is 362 g/mol. The first-order chi connectivity index (χ1) is 13.1. The second-order valence-electron chi connectivity index (χ2n) is 6.02. The van der Waals surface area contributed by atoms with Gasteiger partial charge in [0.15, 0.2) is 5.82 Å². The number of hydrogen-bond donors (Lipinski definition) is 2. The summed E-state index contributed by atoms with van der Waals surface area (Å²) >= 11 is 0. The van der Waals surface area contributed by atoms with Gasteiger partial charge in [0.05, 0.1) is 6.20 Å². The van der Waals surface area contributed by atoms with Gasteiger partial charge in [-0.15, -0.1) is 5.10 Å². The Balaban J connectivity index is 1.75. The first-order valence-electron chi connectivity index (χ1n) is 8.77. The lowest BCUT2D eigenvalue weighted by Gasteiger charge is -2.21. The van der Waals surface area contributed by atoms with Crippen molar-refractivity contribution < 1.29 is 4.79 Å². The number of benzene rings is 2. The van der Waals surface area contributed by atoms with Crippen molar-refractivity contribution in [2.45, 2.75) is 20.4 Å². The first kappa shape index (κ1) is 18.3. The van der Waals surface area contributed by atoms with Crippen LogP contribution in [0.4, 0.5) is 23.1 Å². The number of nitrogens with zero attached hydrogens (tertiary/aromatic N) is 4. The molecule has 7 nitrogen and oxygen atoms in total. The van der Waals surface area contributed by atoms with E-state index in [0.717, 1.165) is 24.6 Å². The minimum atomic E-state index is -0.119. The largest absolute Gasteiger partial charge is 0.351 e. The molecule has 0 atom stereocenters. The Morgan fingerprint density at radius 1 is 1.07 bits per heavy atom. The van der Waals surface area contributed by atoms with Crippen LogP contribution in [0, 0.1) is 0 Å². The third-order valence-corrected chi connectivity index (χ3v) is 3.91. The summed E-state index contributed by atoms with van der Waals surface area (Å²) in [4.78, 5) is 17.9. The van der Waals surface area contributed by atoms with Crippen molar-refractivity contribution >= 4 is 29.0 Å². The number of amides is 1. The van der Waals surface area contributed by atoms with Crippen LogP contribution in [0.5, 0.6) is 0 Å². The number of carbonyl (C=O) groups is 1. The number of aromatic nitrogens is 3. The summed E-state index contributed by atoms with van der Waals surface area (Å²) in [6.07, 6.45) is 1.66. The third-order valence-electron chi connectivity index (χ3n) is 3.91. The van der Waals surface area contributed by atoms with Gasteiger partial charge in [0.1, 0.15) is 0 Å². The zero-order valence-corrected chi connectivity index (χ0v) is 15.4. The zero-order valence-electron chi connectivity index (χ0n) is 15.4. The Morgan fingerprint density at radius 2 is 1.85 bits per heavy atom. The van der Waals surface area contributed by atoms with Crippen LogP contribution in [0.2, 0.25) is 0 Å². The molecule has 0 bridgehead atoms. The van der Waals surface area contributed by atoms with Gasteiger partial charge >= 0.3 is 0 Å². The zero-order chi connectivity index (χ0) is 19.1. The molecule has 1 heterocycles. The molecule has 2 aromatic carbocycles. The maximum atomic E-state index is 11.2. The van der Waals surface area contributed by atoms with Gasteiger partial charge < -0.3 is 15.5 Å². The molecule has 138 valence electrons. The Hall–Kier alpha value is -3.48. The van der Waals surface area contributed by atoms with E-state index in [1.54, 1.807) is 6.20 Å². The Labute approximate surface area is 158 Å². The van der Waals surface area contributed by atoms with E-state index >= 15 is 0 Å². The lowest BCUT2D eigenvalue weighted by atomic mass is 10.2. The molecule has 0 aliphatic heterocycles. The summed E-state index contributed by atoms with van der Waals surface area (Å²) in [7, 11) is 0. The highest BCUT2D eigenvalue weighted by Gasteiger charge is 2.09. The van der Waals surface area contributed by atoms with Crippen LogP contribution in [0.15, 0.2) is 60.8 Å². The second-order valence-corrected chi connectivity index (χ2v) is 6.02. The molecule has 0 aliphatic rings. The maximum Gasteiger partial charge on any atom is 0.249 e. The smallest absolute Gasteiger partial charge is 0.249 e. The lowest BCUT2D eigenvalue weighted by molar-refractivity contribution is -0.114. The van der Waals surface area contributed by atoms with E-state index in [2.05, 4.69) is 49.8 Å². The van der Waals surface area contributed by atoms with Crippen molar-refractivity contribution in [1.29, 1.82) is 0 Å². The van der Waals surface area contributed by atoms with E-state index in [0.29, 0.717) is 11.6 Å². The fraction of sp³-hybridized carbons (Fsp3) is 0.200. The summed E-state index contributed by atoms with van der Waals surface area (Å²) in [6.45, 7) is 5.09. The van der Waals surface area contributed by atoms with E-state index in [4.69, 9.17) is 0 Å². The quantitative estimate of drug-likeness (QED) is 0.668. The van der Waals surface area contributed by atoms with Gasteiger partial charge in [0.25, 0.3) is 0 Å². The molecule has 0 aliphatic carbocycles. The fourth-order valence-corrected chi connectivity index (χ4v) is 2.67. The van der Waals surface area contributed by atoms with Crippen molar-refractivity contribution in [3.05, 3.63) is 66.4 Å². The fourth-order valence-electron chi connectivity index (χ4n) is 2.67. The molecule has 0 fully saturated rings.